The van der Waals surface area contributed by atoms with E-state index in [0.29, 0.717) is 0 Å². The van der Waals surface area contributed by atoms with Gasteiger partial charge in [0.25, 0.3) is 11.8 Å². The van der Waals surface area contributed by atoms with Crippen LogP contribution in [0.4, 0.5) is 0 Å². The average Bonchev–Trinajstić information content (AvgIpc) is 2.64. The van der Waals surface area contributed by atoms with Gasteiger partial charge in [-0.3, -0.25) is 19.4 Å². The van der Waals surface area contributed by atoms with E-state index in [-0.39, 0.29) is 46.4 Å². The normalized spacial score (nSPS) is 14.5. The van der Waals surface area contributed by atoms with Crippen LogP contribution in [0.2, 0.25) is 0 Å². The van der Waals surface area contributed by atoms with E-state index < -0.39 is 17.8 Å². The highest BCUT2D eigenvalue weighted by molar-refractivity contribution is 7.80. The van der Waals surface area contributed by atoms with Crippen molar-refractivity contribution in [1.29, 1.82) is 0 Å². The van der Waals surface area contributed by atoms with Crippen LogP contribution in [0.3, 0.4) is 0 Å². The summed E-state index contributed by atoms with van der Waals surface area (Å²) in [5, 5.41) is 9.76. The van der Waals surface area contributed by atoms with Crippen molar-refractivity contribution < 1.29 is 29.0 Å². The van der Waals surface area contributed by atoms with Crippen LogP contribution in [0.1, 0.15) is 29.8 Å². The summed E-state index contributed by atoms with van der Waals surface area (Å²) in [6, 6.07) is 2.97. The molecule has 0 bridgehead atoms. The van der Waals surface area contributed by atoms with E-state index in [1.54, 1.807) is 13.8 Å². The van der Waals surface area contributed by atoms with Crippen molar-refractivity contribution in [3.05, 3.63) is 28.8 Å². The number of thiocarbonyl (C=S) groups is 1. The average molecular weight is 392 g/mol. The first-order valence-electron chi connectivity index (χ1n) is 8.19. The fourth-order valence-corrected chi connectivity index (χ4v) is 3.25. The summed E-state index contributed by atoms with van der Waals surface area (Å²) in [6.45, 7) is 4.06. The van der Waals surface area contributed by atoms with Gasteiger partial charge >= 0.3 is 5.97 Å². The van der Waals surface area contributed by atoms with Gasteiger partial charge in [-0.25, -0.2) is 4.79 Å². The van der Waals surface area contributed by atoms with Crippen LogP contribution in [0.25, 0.3) is 6.08 Å². The zero-order valence-corrected chi connectivity index (χ0v) is 16.3. The second kappa shape index (κ2) is 8.17. The molecule has 2 amide bonds. The summed E-state index contributed by atoms with van der Waals surface area (Å²) >= 11 is 5.21. The number of benzene rings is 1. The van der Waals surface area contributed by atoms with E-state index >= 15 is 0 Å². The zero-order valence-electron chi connectivity index (χ0n) is 15.4. The van der Waals surface area contributed by atoms with Crippen LogP contribution in [-0.4, -0.2) is 65.1 Å². The molecule has 0 unspecified atom stereocenters. The largest absolute Gasteiger partial charge is 0.493 e. The second-order valence-corrected chi connectivity index (χ2v) is 5.88. The maximum Gasteiger partial charge on any atom is 0.340 e. The zero-order chi connectivity index (χ0) is 20.3. The fraction of sp³-hybridized carbons (Fsp3) is 0.333. The molecule has 0 aliphatic carbocycles. The molecule has 1 heterocycles. The van der Waals surface area contributed by atoms with E-state index in [1.807, 2.05) is 0 Å². The van der Waals surface area contributed by atoms with Gasteiger partial charge in [-0.2, -0.15) is 0 Å². The Balaban J connectivity index is 2.69. The van der Waals surface area contributed by atoms with Gasteiger partial charge in [0, 0.05) is 13.1 Å². The molecule has 0 radical (unpaired) electrons. The number of rotatable bonds is 6. The van der Waals surface area contributed by atoms with Crippen molar-refractivity contribution in [2.45, 2.75) is 13.8 Å². The van der Waals surface area contributed by atoms with Crippen molar-refractivity contribution in [3.8, 4) is 11.5 Å². The number of methoxy groups -OCH3 is 2. The second-order valence-electron chi connectivity index (χ2n) is 5.51. The highest BCUT2D eigenvalue weighted by Gasteiger charge is 2.38. The molecule has 0 spiro atoms. The molecule has 9 heteroatoms. The van der Waals surface area contributed by atoms with Crippen LogP contribution in [0.5, 0.6) is 11.5 Å². The number of likely N-dealkylation sites (N-methyl/N-ethyl adjacent to an activating group) is 2. The number of carboxylic acid groups (broad SMARTS) is 1. The number of amides is 2. The SMILES string of the molecule is CCN1C(=O)C(=Cc2ccc(OC)c(OC)c2C(=O)O)C(=O)N(CC)C1=S. The van der Waals surface area contributed by atoms with Crippen LogP contribution in [0, 0.1) is 0 Å². The Kier molecular flexibility index (Phi) is 6.17. The standard InChI is InChI=1S/C18H20N2O6S/c1-5-19-15(21)11(16(22)20(6-2)18(19)27)9-10-7-8-12(25-3)14(26-4)13(10)17(23)24/h7-9H,5-6H2,1-4H3,(H,23,24). The molecule has 144 valence electrons. The van der Waals surface area contributed by atoms with E-state index in [9.17, 15) is 19.5 Å². The van der Waals surface area contributed by atoms with Gasteiger partial charge in [0.1, 0.15) is 11.1 Å². The number of hydrogen-bond donors (Lipinski definition) is 1. The lowest BCUT2D eigenvalue weighted by atomic mass is 10.0. The third-order valence-electron chi connectivity index (χ3n) is 4.14. The highest BCUT2D eigenvalue weighted by atomic mass is 32.1. The molecule has 2 rings (SSSR count). The number of carbonyl (C=O) groups is 3. The van der Waals surface area contributed by atoms with Gasteiger partial charge in [0.2, 0.25) is 0 Å². The molecule has 8 nitrogen and oxygen atoms in total. The van der Waals surface area contributed by atoms with Gasteiger partial charge < -0.3 is 14.6 Å². The number of nitrogens with zero attached hydrogens (tertiary/aromatic N) is 2. The minimum Gasteiger partial charge on any atom is -0.493 e. The minimum atomic E-state index is -1.27. The molecule has 1 aromatic carbocycles. The van der Waals surface area contributed by atoms with E-state index in [4.69, 9.17) is 21.7 Å². The quantitative estimate of drug-likeness (QED) is 0.448. The fourth-order valence-electron chi connectivity index (χ4n) is 2.82. The molecule has 27 heavy (non-hydrogen) atoms. The van der Waals surface area contributed by atoms with Crippen LogP contribution >= 0.6 is 12.2 Å². The summed E-state index contributed by atoms with van der Waals surface area (Å²) in [4.78, 5) is 39.8. The molecule has 0 atom stereocenters. The van der Waals surface area contributed by atoms with Crippen LogP contribution in [-0.2, 0) is 9.59 Å². The molecule has 1 N–H and O–H groups in total. The Labute approximate surface area is 161 Å². The number of carbonyl (C=O) groups excluding carboxylic acids is 2. The van der Waals surface area contributed by atoms with Gasteiger partial charge in [0.15, 0.2) is 16.6 Å². The molecule has 1 aromatic rings. The Bertz CT molecular complexity index is 820. The number of aromatic carboxylic acids is 1. The third kappa shape index (κ3) is 3.50. The first-order valence-corrected chi connectivity index (χ1v) is 8.60. The van der Waals surface area contributed by atoms with Crippen molar-refractivity contribution in [1.82, 2.24) is 9.80 Å². The van der Waals surface area contributed by atoms with Gasteiger partial charge in [-0.1, -0.05) is 6.07 Å². The van der Waals surface area contributed by atoms with Crippen molar-refractivity contribution >= 4 is 41.2 Å². The topological polar surface area (TPSA) is 96.4 Å². The summed E-state index contributed by atoms with van der Waals surface area (Å²) < 4.78 is 10.3. The molecule has 1 saturated heterocycles. The molecule has 1 aliphatic rings. The lowest BCUT2D eigenvalue weighted by Crippen LogP contribution is -2.55. The molecule has 1 aliphatic heterocycles. The smallest absolute Gasteiger partial charge is 0.340 e. The Hall–Kier alpha value is -2.94. The predicted octanol–water partition coefficient (Wildman–Crippen LogP) is 1.78. The Morgan fingerprint density at radius 3 is 2.07 bits per heavy atom. The summed E-state index contributed by atoms with van der Waals surface area (Å²) in [5.74, 6) is -2.18. The number of ether oxygens (including phenoxy) is 2. The Morgan fingerprint density at radius 1 is 1.11 bits per heavy atom. The third-order valence-corrected chi connectivity index (χ3v) is 4.58. The molecular formula is C18H20N2O6S. The lowest BCUT2D eigenvalue weighted by Gasteiger charge is -2.35. The molecule has 1 fully saturated rings. The van der Waals surface area contributed by atoms with E-state index in [2.05, 4.69) is 0 Å². The predicted molar refractivity (Wildman–Crippen MR) is 102 cm³/mol. The van der Waals surface area contributed by atoms with Crippen LogP contribution in [0.15, 0.2) is 17.7 Å². The molecule has 0 saturated carbocycles. The molecule has 0 aromatic heterocycles. The number of carboxylic acids is 1. The summed E-state index contributed by atoms with van der Waals surface area (Å²) in [7, 11) is 2.70. The van der Waals surface area contributed by atoms with E-state index in [0.717, 1.165) is 0 Å². The maximum absolute atomic E-state index is 12.7. The van der Waals surface area contributed by atoms with Crippen molar-refractivity contribution in [2.75, 3.05) is 27.3 Å². The van der Waals surface area contributed by atoms with Gasteiger partial charge in [-0.05, 0) is 43.8 Å². The van der Waals surface area contributed by atoms with Crippen molar-refractivity contribution in [2.24, 2.45) is 0 Å². The monoisotopic (exact) mass is 392 g/mol. The van der Waals surface area contributed by atoms with Gasteiger partial charge in [-0.15, -0.1) is 0 Å². The Morgan fingerprint density at radius 2 is 1.67 bits per heavy atom. The minimum absolute atomic E-state index is 0.00488. The summed E-state index contributed by atoms with van der Waals surface area (Å²) in [6.07, 6.45) is 1.25. The van der Waals surface area contributed by atoms with Crippen LogP contribution < -0.4 is 9.47 Å². The lowest BCUT2D eigenvalue weighted by molar-refractivity contribution is -0.133. The summed E-state index contributed by atoms with van der Waals surface area (Å²) in [5.41, 5.74) is -0.219. The van der Waals surface area contributed by atoms with Gasteiger partial charge in [0.05, 0.1) is 14.2 Å². The van der Waals surface area contributed by atoms with E-state index in [1.165, 1.54) is 42.2 Å². The first-order chi connectivity index (χ1) is 12.8. The first kappa shape index (κ1) is 20.4. The van der Waals surface area contributed by atoms with Crippen molar-refractivity contribution in [3.63, 3.8) is 0 Å². The molecular weight excluding hydrogens is 372 g/mol. The number of hydrogen-bond acceptors (Lipinski definition) is 6. The maximum atomic E-state index is 12.7. The highest BCUT2D eigenvalue weighted by Crippen LogP contribution is 2.35.